The first-order valence-corrected chi connectivity index (χ1v) is 7.54. The summed E-state index contributed by atoms with van der Waals surface area (Å²) in [6, 6.07) is 8.47. The van der Waals surface area contributed by atoms with Crippen molar-refractivity contribution in [2.75, 3.05) is 19.6 Å². The number of hydrogen-bond donors (Lipinski definition) is 3. The Morgan fingerprint density at radius 2 is 2.13 bits per heavy atom. The fraction of sp³-hybridized carbons (Fsp3) is 0.312. The number of aromatic hydroxyl groups is 1. The van der Waals surface area contributed by atoms with E-state index in [9.17, 15) is 14.7 Å². The molecule has 1 aromatic heterocycles. The monoisotopic (exact) mass is 312 g/mol. The smallest absolute Gasteiger partial charge is 0.271 e. The average Bonchev–Trinajstić information content (AvgIpc) is 3.25. The number of amides is 2. The molecule has 118 valence electrons. The maximum absolute atomic E-state index is 12.6. The van der Waals surface area contributed by atoms with Crippen molar-refractivity contribution in [3.8, 4) is 17.0 Å². The van der Waals surface area contributed by atoms with Gasteiger partial charge >= 0.3 is 0 Å². The van der Waals surface area contributed by atoms with Crippen LogP contribution in [-0.2, 0) is 4.79 Å². The van der Waals surface area contributed by atoms with Gasteiger partial charge in [-0.25, -0.2) is 0 Å². The Kier molecular flexibility index (Phi) is 3.07. The third-order valence-electron chi connectivity index (χ3n) is 4.59. The first-order chi connectivity index (χ1) is 11.1. The van der Waals surface area contributed by atoms with Crippen LogP contribution in [0.25, 0.3) is 11.3 Å². The Balaban J connectivity index is 1.55. The summed E-state index contributed by atoms with van der Waals surface area (Å²) in [5.74, 6) is 0.0862. The number of hydrogen-bond acceptors (Lipinski definition) is 4. The SMILES string of the molecule is O=C1NC[C@H]2CN(C(=O)c3cc(-c4ccccc4O)n[nH]3)C[C@@H]12. The predicted octanol–water partition coefficient (Wildman–Crippen LogP) is 0.600. The second-order valence-corrected chi connectivity index (χ2v) is 6.01. The van der Waals surface area contributed by atoms with Gasteiger partial charge in [-0.1, -0.05) is 12.1 Å². The Labute approximate surface area is 132 Å². The molecular weight excluding hydrogens is 296 g/mol. The number of benzene rings is 1. The highest BCUT2D eigenvalue weighted by molar-refractivity contribution is 5.94. The lowest BCUT2D eigenvalue weighted by Crippen LogP contribution is -2.33. The number of aromatic nitrogens is 2. The van der Waals surface area contributed by atoms with Gasteiger partial charge in [-0.3, -0.25) is 14.7 Å². The second-order valence-electron chi connectivity index (χ2n) is 6.01. The van der Waals surface area contributed by atoms with Crippen LogP contribution in [0.15, 0.2) is 30.3 Å². The van der Waals surface area contributed by atoms with Crippen LogP contribution >= 0.6 is 0 Å². The number of fused-ring (bicyclic) bond motifs is 1. The lowest BCUT2D eigenvalue weighted by molar-refractivity contribution is -0.122. The summed E-state index contributed by atoms with van der Waals surface area (Å²) < 4.78 is 0. The molecule has 2 amide bonds. The van der Waals surface area contributed by atoms with Crippen LogP contribution in [0.2, 0.25) is 0 Å². The van der Waals surface area contributed by atoms with E-state index in [0.717, 1.165) is 0 Å². The standard InChI is InChI=1S/C16H16N4O3/c21-14-4-2-1-3-10(14)12-5-13(19-18-12)16(23)20-7-9-6-17-15(22)11(9)8-20/h1-5,9,11,21H,6-8H2,(H,17,22)(H,18,19)/t9-,11+/m0/s1. The molecular formula is C16H16N4O3. The Hall–Kier alpha value is -2.83. The van der Waals surface area contributed by atoms with Crippen LogP contribution in [0.3, 0.4) is 0 Å². The van der Waals surface area contributed by atoms with E-state index in [1.165, 1.54) is 0 Å². The molecule has 2 aliphatic rings. The molecule has 2 fully saturated rings. The maximum atomic E-state index is 12.6. The number of phenolic OH excluding ortho intramolecular Hbond substituents is 1. The van der Waals surface area contributed by atoms with E-state index in [0.29, 0.717) is 36.6 Å². The number of rotatable bonds is 2. The largest absolute Gasteiger partial charge is 0.507 e. The number of para-hydroxylation sites is 1. The molecule has 0 spiro atoms. The van der Waals surface area contributed by atoms with Crippen LogP contribution in [0.1, 0.15) is 10.5 Å². The zero-order valence-electron chi connectivity index (χ0n) is 12.3. The molecule has 3 N–H and O–H groups in total. The molecule has 2 saturated heterocycles. The lowest BCUT2D eigenvalue weighted by atomic mass is 10.0. The average molecular weight is 312 g/mol. The van der Waals surface area contributed by atoms with E-state index < -0.39 is 0 Å². The summed E-state index contributed by atoms with van der Waals surface area (Å²) in [6.45, 7) is 1.66. The maximum Gasteiger partial charge on any atom is 0.271 e. The van der Waals surface area contributed by atoms with Crippen molar-refractivity contribution in [3.63, 3.8) is 0 Å². The number of likely N-dealkylation sites (tertiary alicyclic amines) is 1. The molecule has 7 heteroatoms. The molecule has 4 rings (SSSR count). The molecule has 0 aliphatic carbocycles. The Bertz CT molecular complexity index is 785. The highest BCUT2D eigenvalue weighted by Gasteiger charge is 2.43. The van der Waals surface area contributed by atoms with Crippen LogP contribution in [-0.4, -0.2) is 51.7 Å². The van der Waals surface area contributed by atoms with Crippen molar-refractivity contribution in [1.29, 1.82) is 0 Å². The van der Waals surface area contributed by atoms with E-state index in [1.54, 1.807) is 35.2 Å². The number of nitrogens with one attached hydrogen (secondary N) is 2. The van der Waals surface area contributed by atoms with Crippen molar-refractivity contribution >= 4 is 11.8 Å². The molecule has 2 aromatic rings. The molecule has 1 aromatic carbocycles. The zero-order chi connectivity index (χ0) is 16.0. The molecule has 7 nitrogen and oxygen atoms in total. The lowest BCUT2D eigenvalue weighted by Gasteiger charge is -2.15. The van der Waals surface area contributed by atoms with Crippen LogP contribution in [0.5, 0.6) is 5.75 Å². The van der Waals surface area contributed by atoms with Gasteiger partial charge in [-0.2, -0.15) is 5.10 Å². The highest BCUT2D eigenvalue weighted by Crippen LogP contribution is 2.30. The third-order valence-corrected chi connectivity index (χ3v) is 4.59. The molecule has 2 aliphatic heterocycles. The van der Waals surface area contributed by atoms with E-state index in [-0.39, 0.29) is 29.4 Å². The van der Waals surface area contributed by atoms with Crippen LogP contribution < -0.4 is 5.32 Å². The van der Waals surface area contributed by atoms with Gasteiger partial charge in [0.05, 0.1) is 11.6 Å². The van der Waals surface area contributed by atoms with Gasteiger partial charge in [0.2, 0.25) is 5.91 Å². The molecule has 0 radical (unpaired) electrons. The minimum atomic E-state index is -0.165. The van der Waals surface area contributed by atoms with E-state index >= 15 is 0 Å². The minimum absolute atomic E-state index is 0.0322. The number of aromatic amines is 1. The molecule has 2 atom stereocenters. The number of nitrogens with zero attached hydrogens (tertiary/aromatic N) is 2. The molecule has 0 saturated carbocycles. The quantitative estimate of drug-likeness (QED) is 0.756. The van der Waals surface area contributed by atoms with E-state index in [2.05, 4.69) is 15.5 Å². The van der Waals surface area contributed by atoms with Crippen molar-refractivity contribution in [3.05, 3.63) is 36.0 Å². The second kappa shape index (κ2) is 5.12. The number of carbonyl (C=O) groups is 2. The third kappa shape index (κ3) is 2.25. The Morgan fingerprint density at radius 3 is 2.91 bits per heavy atom. The van der Waals surface area contributed by atoms with Gasteiger partial charge in [0.1, 0.15) is 11.4 Å². The summed E-state index contributed by atoms with van der Waals surface area (Å²) in [5, 5.41) is 19.5. The Morgan fingerprint density at radius 1 is 1.30 bits per heavy atom. The van der Waals surface area contributed by atoms with Crippen molar-refractivity contribution in [2.24, 2.45) is 11.8 Å². The van der Waals surface area contributed by atoms with Gasteiger partial charge in [-0.05, 0) is 18.2 Å². The van der Waals surface area contributed by atoms with Gasteiger partial charge in [0.15, 0.2) is 0 Å². The van der Waals surface area contributed by atoms with Crippen molar-refractivity contribution in [2.45, 2.75) is 0 Å². The molecule has 23 heavy (non-hydrogen) atoms. The number of phenols is 1. The topological polar surface area (TPSA) is 98.3 Å². The molecule has 0 bridgehead atoms. The van der Waals surface area contributed by atoms with Crippen molar-refractivity contribution in [1.82, 2.24) is 20.4 Å². The summed E-state index contributed by atoms with van der Waals surface area (Å²) in [4.78, 5) is 26.0. The minimum Gasteiger partial charge on any atom is -0.507 e. The first kappa shape index (κ1) is 13.8. The van der Waals surface area contributed by atoms with Crippen molar-refractivity contribution < 1.29 is 14.7 Å². The van der Waals surface area contributed by atoms with Crippen LogP contribution in [0.4, 0.5) is 0 Å². The van der Waals surface area contributed by atoms with Gasteiger partial charge in [0.25, 0.3) is 5.91 Å². The summed E-state index contributed by atoms with van der Waals surface area (Å²) >= 11 is 0. The summed E-state index contributed by atoms with van der Waals surface area (Å²) in [6.07, 6.45) is 0. The fourth-order valence-electron chi connectivity index (χ4n) is 3.33. The predicted molar refractivity (Wildman–Crippen MR) is 81.6 cm³/mol. The van der Waals surface area contributed by atoms with Gasteiger partial charge in [-0.15, -0.1) is 0 Å². The van der Waals surface area contributed by atoms with Gasteiger partial charge < -0.3 is 15.3 Å². The van der Waals surface area contributed by atoms with E-state index in [4.69, 9.17) is 0 Å². The highest BCUT2D eigenvalue weighted by atomic mass is 16.3. The summed E-state index contributed by atoms with van der Waals surface area (Å²) in [5.41, 5.74) is 1.45. The zero-order valence-corrected chi connectivity index (χ0v) is 12.3. The first-order valence-electron chi connectivity index (χ1n) is 7.54. The summed E-state index contributed by atoms with van der Waals surface area (Å²) in [7, 11) is 0. The fourth-order valence-corrected chi connectivity index (χ4v) is 3.33. The van der Waals surface area contributed by atoms with E-state index in [1.807, 2.05) is 0 Å². The number of carbonyl (C=O) groups excluding carboxylic acids is 2. The molecule has 3 heterocycles. The van der Waals surface area contributed by atoms with Crippen LogP contribution in [0, 0.1) is 11.8 Å². The normalized spacial score (nSPS) is 23.0. The number of H-pyrrole nitrogens is 1. The van der Waals surface area contributed by atoms with Gasteiger partial charge in [0, 0.05) is 31.1 Å². The molecule has 0 unspecified atom stereocenters.